The van der Waals surface area contributed by atoms with Crippen LogP contribution in [0, 0.1) is 5.95 Å². The number of hydrogen-bond acceptors (Lipinski definition) is 3. The van der Waals surface area contributed by atoms with E-state index in [2.05, 4.69) is 10.1 Å². The highest BCUT2D eigenvalue weighted by molar-refractivity contribution is 5.60. The van der Waals surface area contributed by atoms with Gasteiger partial charge in [0.15, 0.2) is 0 Å². The van der Waals surface area contributed by atoms with E-state index in [1.54, 1.807) is 23.0 Å². The van der Waals surface area contributed by atoms with E-state index in [1.165, 1.54) is 0 Å². The van der Waals surface area contributed by atoms with Crippen LogP contribution in [0.4, 0.5) is 4.39 Å². The molecule has 124 valence electrons. The number of rotatable bonds is 4. The zero-order chi connectivity index (χ0) is 17.3. The van der Waals surface area contributed by atoms with Gasteiger partial charge >= 0.3 is 0 Å². The molecular formula is C19H21FN4. The molecule has 2 heterocycles. The quantitative estimate of drug-likeness (QED) is 0.743. The molecule has 0 fully saturated rings. The minimum absolute atomic E-state index is 0.0935. The van der Waals surface area contributed by atoms with Gasteiger partial charge in [-0.1, -0.05) is 38.1 Å². The third kappa shape index (κ3) is 3.08. The number of pyridine rings is 1. The summed E-state index contributed by atoms with van der Waals surface area (Å²) in [4.78, 5) is 4.07. The molecule has 1 aromatic carbocycles. The molecule has 24 heavy (non-hydrogen) atoms. The molecule has 4 nitrogen and oxygen atoms in total. The summed E-state index contributed by atoms with van der Waals surface area (Å²) in [5.74, 6) is -0.350. The van der Waals surface area contributed by atoms with Gasteiger partial charge in [-0.15, -0.1) is 0 Å². The van der Waals surface area contributed by atoms with E-state index in [-0.39, 0.29) is 5.92 Å². The Morgan fingerprint density at radius 1 is 1.12 bits per heavy atom. The Morgan fingerprint density at radius 2 is 1.92 bits per heavy atom. The predicted octanol–water partition coefficient (Wildman–Crippen LogP) is 3.79. The summed E-state index contributed by atoms with van der Waals surface area (Å²) in [7, 11) is 1.89. The standard InChI is InChI=1S/C19H21FN4/c1-12(2)15-7-8-16(23-19(15)20)18(21)14-6-4-5-13(11-14)17-9-10-22-24(17)3/h4-12,18H,21H2,1-3H3/t18-/m0/s1. The highest BCUT2D eigenvalue weighted by atomic mass is 19.1. The lowest BCUT2D eigenvalue weighted by atomic mass is 9.99. The molecule has 5 heteroatoms. The van der Waals surface area contributed by atoms with Gasteiger partial charge in [-0.2, -0.15) is 9.49 Å². The van der Waals surface area contributed by atoms with Gasteiger partial charge in [-0.05, 0) is 29.7 Å². The smallest absolute Gasteiger partial charge is 0.216 e. The van der Waals surface area contributed by atoms with E-state index in [1.807, 2.05) is 51.2 Å². The fourth-order valence-corrected chi connectivity index (χ4v) is 2.78. The van der Waals surface area contributed by atoms with Gasteiger partial charge in [0.05, 0.1) is 17.4 Å². The first-order valence-electron chi connectivity index (χ1n) is 7.97. The topological polar surface area (TPSA) is 56.7 Å². The molecule has 0 radical (unpaired) electrons. The molecule has 0 unspecified atom stereocenters. The van der Waals surface area contributed by atoms with Crippen molar-refractivity contribution in [3.05, 3.63) is 71.4 Å². The molecule has 0 aliphatic rings. The molecule has 0 spiro atoms. The molecule has 0 bridgehead atoms. The number of nitrogens with two attached hydrogens (primary N) is 1. The fraction of sp³-hybridized carbons (Fsp3) is 0.263. The van der Waals surface area contributed by atoms with Crippen LogP contribution in [0.15, 0.2) is 48.7 Å². The van der Waals surface area contributed by atoms with E-state index in [4.69, 9.17) is 5.73 Å². The molecule has 0 aliphatic carbocycles. The lowest BCUT2D eigenvalue weighted by Crippen LogP contribution is -2.15. The summed E-state index contributed by atoms with van der Waals surface area (Å²) in [6.45, 7) is 3.88. The Kier molecular flexibility index (Phi) is 4.44. The Hall–Kier alpha value is -2.53. The molecule has 0 aliphatic heterocycles. The number of hydrogen-bond donors (Lipinski definition) is 1. The first-order valence-corrected chi connectivity index (χ1v) is 7.97. The fourth-order valence-electron chi connectivity index (χ4n) is 2.78. The van der Waals surface area contributed by atoms with Crippen LogP contribution in [0.25, 0.3) is 11.3 Å². The van der Waals surface area contributed by atoms with Crippen molar-refractivity contribution in [2.24, 2.45) is 12.8 Å². The summed E-state index contributed by atoms with van der Waals surface area (Å²) < 4.78 is 16.0. The molecule has 3 aromatic rings. The highest BCUT2D eigenvalue weighted by Crippen LogP contribution is 2.26. The molecule has 0 saturated carbocycles. The van der Waals surface area contributed by atoms with Crippen LogP contribution < -0.4 is 5.73 Å². The van der Waals surface area contributed by atoms with Crippen LogP contribution in [0.2, 0.25) is 0 Å². The zero-order valence-electron chi connectivity index (χ0n) is 14.1. The predicted molar refractivity (Wildman–Crippen MR) is 93.0 cm³/mol. The number of nitrogens with zero attached hydrogens (tertiary/aromatic N) is 3. The first kappa shape index (κ1) is 16.3. The minimum Gasteiger partial charge on any atom is -0.319 e. The van der Waals surface area contributed by atoms with Gasteiger partial charge in [-0.25, -0.2) is 4.98 Å². The largest absolute Gasteiger partial charge is 0.319 e. The zero-order valence-corrected chi connectivity index (χ0v) is 14.1. The van der Waals surface area contributed by atoms with E-state index >= 15 is 0 Å². The van der Waals surface area contributed by atoms with Crippen LogP contribution in [-0.2, 0) is 7.05 Å². The Balaban J connectivity index is 1.95. The van der Waals surface area contributed by atoms with E-state index in [0.29, 0.717) is 11.3 Å². The lowest BCUT2D eigenvalue weighted by Gasteiger charge is -2.15. The Labute approximate surface area is 141 Å². The van der Waals surface area contributed by atoms with Crippen LogP contribution in [0.1, 0.15) is 42.6 Å². The molecule has 0 amide bonds. The van der Waals surface area contributed by atoms with Gasteiger partial charge in [0.25, 0.3) is 0 Å². The summed E-state index contributed by atoms with van der Waals surface area (Å²) in [6, 6.07) is 12.9. The Morgan fingerprint density at radius 3 is 2.54 bits per heavy atom. The van der Waals surface area contributed by atoms with Crippen LogP contribution >= 0.6 is 0 Å². The molecule has 3 rings (SSSR count). The molecule has 1 atom stereocenters. The second-order valence-corrected chi connectivity index (χ2v) is 6.21. The van der Waals surface area contributed by atoms with Gasteiger partial charge in [0.1, 0.15) is 0 Å². The monoisotopic (exact) mass is 324 g/mol. The van der Waals surface area contributed by atoms with E-state index in [9.17, 15) is 4.39 Å². The van der Waals surface area contributed by atoms with Crippen LogP contribution in [-0.4, -0.2) is 14.8 Å². The minimum atomic E-state index is -0.478. The summed E-state index contributed by atoms with van der Waals surface area (Å²) in [6.07, 6.45) is 1.75. The summed E-state index contributed by atoms with van der Waals surface area (Å²) in [5, 5.41) is 4.19. The van der Waals surface area contributed by atoms with Crippen molar-refractivity contribution in [2.45, 2.75) is 25.8 Å². The molecule has 2 N–H and O–H groups in total. The number of aromatic nitrogens is 3. The maximum absolute atomic E-state index is 14.2. The van der Waals surface area contributed by atoms with Crippen molar-refractivity contribution < 1.29 is 4.39 Å². The van der Waals surface area contributed by atoms with E-state index in [0.717, 1.165) is 16.8 Å². The summed E-state index contributed by atoms with van der Waals surface area (Å²) in [5.41, 5.74) is 10.4. The molecule has 0 saturated heterocycles. The van der Waals surface area contributed by atoms with Crippen molar-refractivity contribution >= 4 is 0 Å². The number of aryl methyl sites for hydroxylation is 1. The third-order valence-electron chi connectivity index (χ3n) is 4.20. The average molecular weight is 324 g/mol. The SMILES string of the molecule is CC(C)c1ccc([C@@H](N)c2cccc(-c3ccnn3C)c2)nc1F. The molecular weight excluding hydrogens is 303 g/mol. The maximum Gasteiger partial charge on any atom is 0.216 e. The second kappa shape index (κ2) is 6.53. The number of benzene rings is 1. The van der Waals surface area contributed by atoms with Crippen LogP contribution in [0.5, 0.6) is 0 Å². The summed E-state index contributed by atoms with van der Waals surface area (Å²) >= 11 is 0. The van der Waals surface area contributed by atoms with E-state index < -0.39 is 12.0 Å². The third-order valence-corrected chi connectivity index (χ3v) is 4.20. The van der Waals surface area contributed by atoms with Gasteiger partial charge in [0, 0.05) is 24.4 Å². The second-order valence-electron chi connectivity index (χ2n) is 6.21. The first-order chi connectivity index (χ1) is 11.5. The highest BCUT2D eigenvalue weighted by Gasteiger charge is 2.15. The van der Waals surface area contributed by atoms with Gasteiger partial charge in [0.2, 0.25) is 5.95 Å². The average Bonchev–Trinajstić information content (AvgIpc) is 3.00. The van der Waals surface area contributed by atoms with Crippen molar-refractivity contribution in [1.82, 2.24) is 14.8 Å². The Bertz CT molecular complexity index is 854. The molecule has 2 aromatic heterocycles. The van der Waals surface area contributed by atoms with Gasteiger partial charge < -0.3 is 5.73 Å². The van der Waals surface area contributed by atoms with Gasteiger partial charge in [-0.3, -0.25) is 4.68 Å². The lowest BCUT2D eigenvalue weighted by molar-refractivity contribution is 0.546. The maximum atomic E-state index is 14.2. The van der Waals surface area contributed by atoms with Crippen molar-refractivity contribution in [3.63, 3.8) is 0 Å². The number of halogens is 1. The van der Waals surface area contributed by atoms with Crippen molar-refractivity contribution in [1.29, 1.82) is 0 Å². The van der Waals surface area contributed by atoms with Crippen molar-refractivity contribution in [2.75, 3.05) is 0 Å². The normalized spacial score (nSPS) is 12.6. The van der Waals surface area contributed by atoms with Crippen molar-refractivity contribution in [3.8, 4) is 11.3 Å². The van der Waals surface area contributed by atoms with Crippen LogP contribution in [0.3, 0.4) is 0 Å².